The van der Waals surface area contributed by atoms with Crippen LogP contribution in [0.25, 0.3) is 0 Å². The minimum absolute atomic E-state index is 0.125. The van der Waals surface area contributed by atoms with Crippen molar-refractivity contribution in [2.24, 2.45) is 5.14 Å². The van der Waals surface area contributed by atoms with Gasteiger partial charge in [0.2, 0.25) is 10.0 Å². The molecule has 0 unspecified atom stereocenters. The highest BCUT2D eigenvalue weighted by Crippen LogP contribution is 2.06. The van der Waals surface area contributed by atoms with Crippen molar-refractivity contribution in [1.29, 1.82) is 0 Å². The number of rotatable bonds is 3. The molecule has 0 aliphatic carbocycles. The van der Waals surface area contributed by atoms with E-state index in [0.717, 1.165) is 6.08 Å². The van der Waals surface area contributed by atoms with Gasteiger partial charge < -0.3 is 10.8 Å². The molecule has 5 nitrogen and oxygen atoms in total. The topological polar surface area (TPSA) is 108 Å². The number of aliphatic hydroxyl groups excluding tert-OH is 1. The average Bonchev–Trinajstić information content (AvgIpc) is 1.94. The fraction of sp³-hybridized carbons (Fsp3) is 0.250. The molecule has 6 N–H and O–H groups in total. The van der Waals surface area contributed by atoms with Gasteiger partial charge in [-0.3, -0.25) is 0 Å². The van der Waals surface area contributed by atoms with Crippen LogP contribution in [0.3, 0.4) is 0 Å². The maximum absolute atomic E-state index is 11.0. The summed E-state index contributed by atoms with van der Waals surface area (Å²) >= 11 is 0. The maximum Gasteiger partial charge on any atom is 0.238 e. The van der Waals surface area contributed by atoms with Gasteiger partial charge in [-0.05, 0) is 25.2 Å². The van der Waals surface area contributed by atoms with Crippen molar-refractivity contribution < 1.29 is 19.3 Å². The molecule has 0 amide bonds. The third kappa shape index (κ3) is 5.52. The summed E-state index contributed by atoms with van der Waals surface area (Å²) in [6, 6.07) is 0. The van der Waals surface area contributed by atoms with Gasteiger partial charge in [0.25, 0.3) is 0 Å². The average molecular weight is 219 g/mol. The largest absolute Gasteiger partial charge is 0.513 e. The minimum Gasteiger partial charge on any atom is -0.513 e. The highest BCUT2D eigenvalue weighted by molar-refractivity contribution is 7.93. The van der Waals surface area contributed by atoms with Gasteiger partial charge >= 0.3 is 0 Å². The number of allylic oxidation sites excluding steroid dienone is 5. The SMILES string of the molecule is CC([NH3+])=CC=C(C=C(C)O)S(N)(=O)=O. The zero-order valence-electron chi connectivity index (χ0n) is 8.19. The van der Waals surface area contributed by atoms with Crippen LogP contribution in [0, 0.1) is 0 Å². The molecule has 0 fully saturated rings. The predicted molar refractivity (Wildman–Crippen MR) is 54.2 cm³/mol. The van der Waals surface area contributed by atoms with Gasteiger partial charge in [-0.2, -0.15) is 0 Å². The summed E-state index contributed by atoms with van der Waals surface area (Å²) in [6.07, 6.45) is 3.87. The van der Waals surface area contributed by atoms with Crippen LogP contribution in [0.1, 0.15) is 13.8 Å². The molecule has 0 aromatic rings. The van der Waals surface area contributed by atoms with Gasteiger partial charge in [-0.1, -0.05) is 0 Å². The Labute approximate surface area is 83.5 Å². The molecule has 0 spiro atoms. The molecule has 0 aliphatic heterocycles. The summed E-state index contributed by atoms with van der Waals surface area (Å²) in [5.74, 6) is -0.125. The predicted octanol–water partition coefficient (Wildman–Crippen LogP) is -0.234. The van der Waals surface area contributed by atoms with Crippen molar-refractivity contribution in [2.45, 2.75) is 13.8 Å². The lowest BCUT2D eigenvalue weighted by atomic mass is 10.3. The monoisotopic (exact) mass is 219 g/mol. The normalized spacial score (nSPS) is 15.9. The molecule has 0 aliphatic rings. The van der Waals surface area contributed by atoms with Crippen molar-refractivity contribution in [2.75, 3.05) is 0 Å². The Morgan fingerprint density at radius 3 is 2.14 bits per heavy atom. The molecule has 0 aromatic carbocycles. The van der Waals surface area contributed by atoms with Crippen molar-refractivity contribution in [3.8, 4) is 0 Å². The molecule has 0 heterocycles. The first kappa shape index (κ1) is 12.9. The number of hydrogen-bond acceptors (Lipinski definition) is 3. The van der Waals surface area contributed by atoms with Crippen LogP contribution in [0.15, 0.2) is 34.6 Å². The van der Waals surface area contributed by atoms with E-state index in [4.69, 9.17) is 10.2 Å². The Morgan fingerprint density at radius 1 is 1.36 bits per heavy atom. The van der Waals surface area contributed by atoms with E-state index in [2.05, 4.69) is 5.73 Å². The number of sulfonamides is 1. The Bertz CT molecular complexity index is 383. The Kier molecular flexibility index (Phi) is 4.55. The summed E-state index contributed by atoms with van der Waals surface area (Å²) in [5, 5.41) is 13.8. The number of nitrogens with two attached hydrogens (primary N) is 1. The van der Waals surface area contributed by atoms with Crippen LogP contribution in [-0.2, 0) is 10.0 Å². The zero-order valence-corrected chi connectivity index (χ0v) is 9.00. The first-order valence-electron chi connectivity index (χ1n) is 3.84. The van der Waals surface area contributed by atoms with Crippen molar-refractivity contribution >= 4 is 10.0 Å². The summed E-state index contributed by atoms with van der Waals surface area (Å²) in [6.45, 7) is 3.08. The molecule has 6 heteroatoms. The number of quaternary nitrogens is 1. The van der Waals surface area contributed by atoms with Gasteiger partial charge in [0.05, 0.1) is 10.7 Å². The molecule has 0 radical (unpaired) electrons. The third-order valence-corrected chi connectivity index (χ3v) is 2.12. The number of hydrogen-bond donors (Lipinski definition) is 3. The van der Waals surface area contributed by atoms with Gasteiger partial charge in [0.15, 0.2) is 0 Å². The van der Waals surface area contributed by atoms with Crippen LogP contribution in [-0.4, -0.2) is 13.5 Å². The second kappa shape index (κ2) is 4.94. The molecular formula is C8H15N2O3S+. The second-order valence-electron chi connectivity index (χ2n) is 2.91. The van der Waals surface area contributed by atoms with Crippen LogP contribution in [0.5, 0.6) is 0 Å². The molecule has 80 valence electrons. The lowest BCUT2D eigenvalue weighted by molar-refractivity contribution is -0.301. The molecule has 0 rings (SSSR count). The van der Waals surface area contributed by atoms with Crippen LogP contribution < -0.4 is 10.9 Å². The van der Waals surface area contributed by atoms with E-state index in [1.165, 1.54) is 19.1 Å². The van der Waals surface area contributed by atoms with E-state index < -0.39 is 10.0 Å². The number of aliphatic hydroxyl groups is 1. The summed E-state index contributed by atoms with van der Waals surface area (Å²) in [7, 11) is -3.80. The Morgan fingerprint density at radius 2 is 1.86 bits per heavy atom. The minimum atomic E-state index is -3.80. The van der Waals surface area contributed by atoms with Gasteiger partial charge in [0.1, 0.15) is 5.70 Å². The van der Waals surface area contributed by atoms with Crippen molar-refractivity contribution in [3.05, 3.63) is 34.6 Å². The molecule has 0 bridgehead atoms. The van der Waals surface area contributed by atoms with E-state index in [-0.39, 0.29) is 10.7 Å². The highest BCUT2D eigenvalue weighted by Gasteiger charge is 2.08. The van der Waals surface area contributed by atoms with Gasteiger partial charge in [-0.25, -0.2) is 13.6 Å². The molecule has 14 heavy (non-hydrogen) atoms. The summed E-state index contributed by atoms with van der Waals surface area (Å²) in [5.41, 5.74) is 4.26. The van der Waals surface area contributed by atoms with Crippen LogP contribution >= 0.6 is 0 Å². The van der Waals surface area contributed by atoms with Crippen LogP contribution in [0.2, 0.25) is 0 Å². The first-order valence-corrected chi connectivity index (χ1v) is 5.38. The lowest BCUT2D eigenvalue weighted by Gasteiger charge is -1.97. The second-order valence-corrected chi connectivity index (χ2v) is 4.47. The highest BCUT2D eigenvalue weighted by atomic mass is 32.2. The van der Waals surface area contributed by atoms with Crippen molar-refractivity contribution in [1.82, 2.24) is 0 Å². The van der Waals surface area contributed by atoms with Crippen LogP contribution in [0.4, 0.5) is 0 Å². The fourth-order valence-corrected chi connectivity index (χ4v) is 1.25. The standard InChI is InChI=1S/C8H14N2O3S/c1-6(9)3-4-8(5-7(2)11)14(10,12)13/h3-5,11H,9H2,1-2H3,(H2,10,12,13)/p+1. The molecular weight excluding hydrogens is 204 g/mol. The zero-order chi connectivity index (χ0) is 11.4. The fourth-order valence-electron chi connectivity index (χ4n) is 0.655. The smallest absolute Gasteiger partial charge is 0.238 e. The molecule has 0 saturated carbocycles. The van der Waals surface area contributed by atoms with Crippen molar-refractivity contribution in [3.63, 3.8) is 0 Å². The number of primary sulfonamides is 1. The Hall–Kier alpha value is -1.11. The quantitative estimate of drug-likeness (QED) is 0.450. The molecule has 0 saturated heterocycles. The molecule has 0 atom stereocenters. The van der Waals surface area contributed by atoms with Gasteiger partial charge in [-0.15, -0.1) is 0 Å². The summed E-state index contributed by atoms with van der Waals surface area (Å²) in [4.78, 5) is -0.152. The van der Waals surface area contributed by atoms with E-state index in [1.54, 1.807) is 6.92 Å². The maximum atomic E-state index is 11.0. The Balaban J connectivity index is 5.25. The third-order valence-electron chi connectivity index (χ3n) is 1.21. The van der Waals surface area contributed by atoms with E-state index in [9.17, 15) is 8.42 Å². The van der Waals surface area contributed by atoms with E-state index in [1.807, 2.05) is 0 Å². The van der Waals surface area contributed by atoms with E-state index >= 15 is 0 Å². The molecule has 0 aromatic heterocycles. The lowest BCUT2D eigenvalue weighted by Crippen LogP contribution is -2.45. The van der Waals surface area contributed by atoms with Gasteiger partial charge in [0, 0.05) is 6.92 Å². The first-order chi connectivity index (χ1) is 6.23. The summed E-state index contributed by atoms with van der Waals surface area (Å²) < 4.78 is 22.0. The van der Waals surface area contributed by atoms with E-state index in [0.29, 0.717) is 5.70 Å².